The van der Waals surface area contributed by atoms with Crippen molar-refractivity contribution in [3.8, 4) is 11.5 Å². The van der Waals surface area contributed by atoms with Gasteiger partial charge in [-0.15, -0.1) is 24.0 Å². The van der Waals surface area contributed by atoms with E-state index in [1.165, 1.54) is 18.4 Å². The molecule has 2 N–H and O–H groups in total. The first-order valence-corrected chi connectivity index (χ1v) is 11.3. The third-order valence-electron chi connectivity index (χ3n) is 5.72. The fraction of sp³-hybridized carbons (Fsp3) is 0.440. The molecular formula is C25H33IN4O3. The highest BCUT2D eigenvalue weighted by Crippen LogP contribution is 2.32. The molecule has 0 spiro atoms. The van der Waals surface area contributed by atoms with Gasteiger partial charge in [-0.1, -0.05) is 24.3 Å². The van der Waals surface area contributed by atoms with Crippen LogP contribution in [0.3, 0.4) is 0 Å². The van der Waals surface area contributed by atoms with Gasteiger partial charge in [0.05, 0.1) is 12.3 Å². The molecule has 1 amide bonds. The lowest BCUT2D eigenvalue weighted by Crippen LogP contribution is -2.42. The summed E-state index contributed by atoms with van der Waals surface area (Å²) in [5, 5.41) is 6.71. The zero-order valence-corrected chi connectivity index (χ0v) is 21.6. The van der Waals surface area contributed by atoms with Crippen LogP contribution < -0.4 is 25.0 Å². The van der Waals surface area contributed by atoms with Gasteiger partial charge in [-0.25, -0.2) is 0 Å². The summed E-state index contributed by atoms with van der Waals surface area (Å²) in [6, 6.07) is 14.0. The third-order valence-corrected chi connectivity index (χ3v) is 5.72. The first-order valence-electron chi connectivity index (χ1n) is 11.3. The number of aryl methyl sites for hydroxylation is 1. The van der Waals surface area contributed by atoms with E-state index in [0.29, 0.717) is 19.6 Å². The number of anilines is 1. The van der Waals surface area contributed by atoms with Gasteiger partial charge in [0, 0.05) is 32.2 Å². The zero-order valence-electron chi connectivity index (χ0n) is 19.3. The first kappa shape index (κ1) is 25.1. The van der Waals surface area contributed by atoms with Crippen LogP contribution in [0.25, 0.3) is 0 Å². The lowest BCUT2D eigenvalue weighted by Gasteiger charge is -2.29. The minimum atomic E-state index is -0.00990. The Balaban J connectivity index is 0.00000306. The van der Waals surface area contributed by atoms with Crippen LogP contribution in [0.1, 0.15) is 30.4 Å². The molecule has 0 radical (unpaired) electrons. The molecule has 0 unspecified atom stereocenters. The molecule has 178 valence electrons. The van der Waals surface area contributed by atoms with Crippen molar-refractivity contribution in [1.29, 1.82) is 0 Å². The lowest BCUT2D eigenvalue weighted by atomic mass is 10.1. The van der Waals surface area contributed by atoms with Gasteiger partial charge in [-0.2, -0.15) is 0 Å². The van der Waals surface area contributed by atoms with Crippen molar-refractivity contribution in [3.63, 3.8) is 0 Å². The first-order chi connectivity index (χ1) is 15.6. The molecule has 1 aliphatic heterocycles. The monoisotopic (exact) mass is 564 g/mol. The number of amides is 1. The molecule has 0 atom stereocenters. The Hall–Kier alpha value is -2.49. The molecule has 1 aliphatic carbocycles. The number of aliphatic imine (C=N–C) groups is 1. The van der Waals surface area contributed by atoms with Gasteiger partial charge >= 0.3 is 0 Å². The van der Waals surface area contributed by atoms with Crippen LogP contribution in [0.5, 0.6) is 11.5 Å². The van der Waals surface area contributed by atoms with Crippen molar-refractivity contribution >= 4 is 41.5 Å². The van der Waals surface area contributed by atoms with E-state index in [0.717, 1.165) is 47.7 Å². The third kappa shape index (κ3) is 6.99. The molecule has 7 nitrogen and oxygen atoms in total. The number of fused-ring (bicyclic) bond motifs is 1. The van der Waals surface area contributed by atoms with Gasteiger partial charge in [0.1, 0.15) is 11.5 Å². The Morgan fingerprint density at radius 2 is 2.03 bits per heavy atom. The van der Waals surface area contributed by atoms with E-state index < -0.39 is 0 Å². The highest BCUT2D eigenvalue weighted by Gasteiger charge is 2.24. The summed E-state index contributed by atoms with van der Waals surface area (Å²) in [6.07, 6.45) is 3.34. The summed E-state index contributed by atoms with van der Waals surface area (Å²) in [4.78, 5) is 18.4. The van der Waals surface area contributed by atoms with Crippen molar-refractivity contribution in [2.45, 2.75) is 32.7 Å². The fourth-order valence-corrected chi connectivity index (χ4v) is 3.68. The van der Waals surface area contributed by atoms with E-state index in [-0.39, 0.29) is 36.5 Å². The van der Waals surface area contributed by atoms with Crippen molar-refractivity contribution in [3.05, 3.63) is 53.6 Å². The Kier molecular flexibility index (Phi) is 9.22. The highest BCUT2D eigenvalue weighted by molar-refractivity contribution is 14.0. The van der Waals surface area contributed by atoms with Crippen LogP contribution in [-0.2, 0) is 11.3 Å². The maximum absolute atomic E-state index is 12.3. The van der Waals surface area contributed by atoms with E-state index >= 15 is 0 Å². The maximum Gasteiger partial charge on any atom is 0.265 e. The van der Waals surface area contributed by atoms with Crippen molar-refractivity contribution in [1.82, 2.24) is 10.6 Å². The minimum absolute atomic E-state index is 0. The van der Waals surface area contributed by atoms with Crippen LogP contribution in [0.15, 0.2) is 47.5 Å². The number of benzene rings is 2. The van der Waals surface area contributed by atoms with Gasteiger partial charge in [0.25, 0.3) is 5.91 Å². The van der Waals surface area contributed by atoms with Gasteiger partial charge in [-0.05, 0) is 55.9 Å². The number of guanidine groups is 1. The molecule has 1 fully saturated rings. The SMILES string of the molecule is CN=C(NCCCN1C(=O)COc2ccccc21)NCc1ccc(C)cc1OCC1CC1.I. The summed E-state index contributed by atoms with van der Waals surface area (Å²) >= 11 is 0. The molecule has 4 rings (SSSR count). The molecule has 8 heteroatoms. The van der Waals surface area contributed by atoms with Gasteiger partial charge in [0.15, 0.2) is 12.6 Å². The maximum atomic E-state index is 12.3. The molecule has 0 aromatic heterocycles. The molecule has 1 saturated carbocycles. The number of nitrogens with zero attached hydrogens (tertiary/aromatic N) is 2. The Labute approximate surface area is 213 Å². The minimum Gasteiger partial charge on any atom is -0.493 e. The molecule has 2 aromatic carbocycles. The number of carbonyl (C=O) groups excluding carboxylic acids is 1. The van der Waals surface area contributed by atoms with E-state index in [4.69, 9.17) is 9.47 Å². The Bertz CT molecular complexity index is 978. The number of carbonyl (C=O) groups is 1. The van der Waals surface area contributed by atoms with Crippen molar-refractivity contribution in [2.75, 3.05) is 38.3 Å². The fourth-order valence-electron chi connectivity index (χ4n) is 3.68. The van der Waals surface area contributed by atoms with Crippen LogP contribution in [0.2, 0.25) is 0 Å². The van der Waals surface area contributed by atoms with E-state index in [1.54, 1.807) is 11.9 Å². The number of rotatable bonds is 9. The van der Waals surface area contributed by atoms with Crippen LogP contribution in [0, 0.1) is 12.8 Å². The van der Waals surface area contributed by atoms with E-state index in [2.05, 4.69) is 40.7 Å². The molecule has 1 heterocycles. The number of para-hydroxylation sites is 2. The largest absolute Gasteiger partial charge is 0.493 e. The second kappa shape index (κ2) is 12.1. The summed E-state index contributed by atoms with van der Waals surface area (Å²) < 4.78 is 11.6. The van der Waals surface area contributed by atoms with Gasteiger partial charge in [0.2, 0.25) is 0 Å². The number of hydrogen-bond donors (Lipinski definition) is 2. The average Bonchev–Trinajstić information content (AvgIpc) is 3.64. The zero-order chi connectivity index (χ0) is 22.3. The Morgan fingerprint density at radius 3 is 2.82 bits per heavy atom. The Morgan fingerprint density at radius 1 is 1.21 bits per heavy atom. The molecule has 2 aliphatic rings. The second-order valence-corrected chi connectivity index (χ2v) is 8.37. The van der Waals surface area contributed by atoms with Crippen molar-refractivity contribution < 1.29 is 14.3 Å². The highest BCUT2D eigenvalue weighted by atomic mass is 127. The quantitative estimate of drug-likeness (QED) is 0.209. The summed E-state index contributed by atoms with van der Waals surface area (Å²) in [7, 11) is 1.76. The summed E-state index contributed by atoms with van der Waals surface area (Å²) in [5.74, 6) is 3.15. The lowest BCUT2D eigenvalue weighted by molar-refractivity contribution is -0.121. The number of ether oxygens (including phenoxy) is 2. The van der Waals surface area contributed by atoms with Crippen molar-refractivity contribution in [2.24, 2.45) is 10.9 Å². The van der Waals surface area contributed by atoms with E-state index in [9.17, 15) is 4.79 Å². The predicted molar refractivity (Wildman–Crippen MR) is 142 cm³/mol. The molecule has 2 aromatic rings. The van der Waals surface area contributed by atoms with Gasteiger partial charge < -0.3 is 25.0 Å². The molecule has 0 bridgehead atoms. The second-order valence-electron chi connectivity index (χ2n) is 8.37. The molecule has 0 saturated heterocycles. The molecular weight excluding hydrogens is 531 g/mol. The number of nitrogens with one attached hydrogen (secondary N) is 2. The van der Waals surface area contributed by atoms with Gasteiger partial charge in [-0.3, -0.25) is 9.79 Å². The normalized spacial score (nSPS) is 15.3. The topological polar surface area (TPSA) is 75.2 Å². The van der Waals surface area contributed by atoms with Crippen LogP contribution in [0.4, 0.5) is 5.69 Å². The standard InChI is InChI=1S/C25H32N4O3.HI/c1-18-8-11-20(23(14-18)31-16-19-9-10-19)15-28-25(26-2)27-12-5-13-29-21-6-3-4-7-22(21)32-17-24(29)30;/h3-4,6-8,11,14,19H,5,9-10,12-13,15-17H2,1-2H3,(H2,26,27,28);1H. The number of hydrogen-bond acceptors (Lipinski definition) is 4. The molecule has 33 heavy (non-hydrogen) atoms. The number of halogens is 1. The average molecular weight is 564 g/mol. The summed E-state index contributed by atoms with van der Waals surface area (Å²) in [5.41, 5.74) is 3.15. The van der Waals surface area contributed by atoms with Crippen LogP contribution in [-0.4, -0.2) is 45.2 Å². The van der Waals surface area contributed by atoms with Crippen LogP contribution >= 0.6 is 24.0 Å². The smallest absolute Gasteiger partial charge is 0.265 e. The predicted octanol–water partition coefficient (Wildman–Crippen LogP) is 3.88. The van der Waals surface area contributed by atoms with E-state index in [1.807, 2.05) is 24.3 Å². The summed E-state index contributed by atoms with van der Waals surface area (Å²) in [6.45, 7) is 4.93.